The van der Waals surface area contributed by atoms with Gasteiger partial charge in [0.1, 0.15) is 0 Å². The first-order valence-electron chi connectivity index (χ1n) is 7.35. The van der Waals surface area contributed by atoms with Crippen molar-refractivity contribution in [2.24, 2.45) is 11.3 Å². The number of nitrogens with one attached hydrogen (secondary N) is 1. The van der Waals surface area contributed by atoms with Crippen LogP contribution >= 0.6 is 0 Å². The molecular formula is C15H30N2O. The first-order valence-corrected chi connectivity index (χ1v) is 7.35. The second kappa shape index (κ2) is 6.55. The highest BCUT2D eigenvalue weighted by Gasteiger charge is 2.31. The minimum absolute atomic E-state index is 0.0879. The van der Waals surface area contributed by atoms with Gasteiger partial charge in [-0.15, -0.1) is 0 Å². The largest absolute Gasteiger partial charge is 0.343 e. The van der Waals surface area contributed by atoms with Gasteiger partial charge in [-0.2, -0.15) is 0 Å². The monoisotopic (exact) mass is 254 g/mol. The summed E-state index contributed by atoms with van der Waals surface area (Å²) >= 11 is 0. The fourth-order valence-corrected chi connectivity index (χ4v) is 2.75. The second-order valence-electron chi connectivity index (χ2n) is 6.55. The third-order valence-corrected chi connectivity index (χ3v) is 4.33. The van der Waals surface area contributed by atoms with Crippen LogP contribution < -0.4 is 5.32 Å². The Morgan fingerprint density at radius 2 is 1.94 bits per heavy atom. The molecule has 1 saturated carbocycles. The summed E-state index contributed by atoms with van der Waals surface area (Å²) in [5.41, 5.74) is 0.468. The fourth-order valence-electron chi connectivity index (χ4n) is 2.75. The van der Waals surface area contributed by atoms with Crippen LogP contribution in [0.5, 0.6) is 0 Å². The van der Waals surface area contributed by atoms with Gasteiger partial charge < -0.3 is 10.2 Å². The Labute approximate surface area is 112 Å². The Hall–Kier alpha value is -0.570. The lowest BCUT2D eigenvalue weighted by molar-refractivity contribution is -0.136. The molecule has 0 spiro atoms. The number of amides is 1. The van der Waals surface area contributed by atoms with Crippen molar-refractivity contribution in [3.63, 3.8) is 0 Å². The molecular weight excluding hydrogens is 224 g/mol. The van der Waals surface area contributed by atoms with Crippen molar-refractivity contribution < 1.29 is 4.79 Å². The van der Waals surface area contributed by atoms with E-state index in [1.165, 1.54) is 12.8 Å². The maximum absolute atomic E-state index is 12.3. The van der Waals surface area contributed by atoms with Crippen molar-refractivity contribution in [1.82, 2.24) is 10.2 Å². The summed E-state index contributed by atoms with van der Waals surface area (Å²) in [7, 11) is 1.98. The molecule has 0 aliphatic heterocycles. The van der Waals surface area contributed by atoms with Gasteiger partial charge in [0.2, 0.25) is 5.91 Å². The van der Waals surface area contributed by atoms with E-state index in [-0.39, 0.29) is 5.92 Å². The fraction of sp³-hybridized carbons (Fsp3) is 0.933. The number of hydrogen-bond acceptors (Lipinski definition) is 2. The molecule has 1 atom stereocenters. The quantitative estimate of drug-likeness (QED) is 0.818. The predicted molar refractivity (Wildman–Crippen MR) is 76.5 cm³/mol. The van der Waals surface area contributed by atoms with Gasteiger partial charge in [0.25, 0.3) is 0 Å². The first kappa shape index (κ1) is 15.5. The molecule has 3 heteroatoms. The Morgan fingerprint density at radius 1 is 1.39 bits per heavy atom. The molecule has 1 N–H and O–H groups in total. The standard InChI is InChI=1S/C15H30N2O/c1-6-16-11-12(2)14(18)17(5)13-7-9-15(3,4)10-8-13/h12-13,16H,6-11H2,1-5H3. The van der Waals surface area contributed by atoms with E-state index < -0.39 is 0 Å². The minimum Gasteiger partial charge on any atom is -0.343 e. The Kier molecular flexibility index (Phi) is 5.64. The Balaban J connectivity index is 2.44. The zero-order chi connectivity index (χ0) is 13.8. The van der Waals surface area contributed by atoms with E-state index in [9.17, 15) is 4.79 Å². The van der Waals surface area contributed by atoms with Crippen molar-refractivity contribution in [2.75, 3.05) is 20.1 Å². The highest BCUT2D eigenvalue weighted by Crippen LogP contribution is 2.36. The number of rotatable bonds is 5. The molecule has 106 valence electrons. The zero-order valence-corrected chi connectivity index (χ0v) is 12.8. The van der Waals surface area contributed by atoms with Gasteiger partial charge in [-0.05, 0) is 37.6 Å². The molecule has 1 aliphatic carbocycles. The highest BCUT2D eigenvalue weighted by atomic mass is 16.2. The van der Waals surface area contributed by atoms with Crippen LogP contribution in [0.2, 0.25) is 0 Å². The number of nitrogens with zero attached hydrogens (tertiary/aromatic N) is 1. The van der Waals surface area contributed by atoms with E-state index >= 15 is 0 Å². The molecule has 1 rings (SSSR count). The van der Waals surface area contributed by atoms with Gasteiger partial charge in [0.05, 0.1) is 0 Å². The van der Waals surface area contributed by atoms with Gasteiger partial charge in [-0.25, -0.2) is 0 Å². The van der Waals surface area contributed by atoms with Crippen LogP contribution in [0.1, 0.15) is 53.4 Å². The van der Waals surface area contributed by atoms with Gasteiger partial charge in [-0.1, -0.05) is 27.7 Å². The van der Waals surface area contributed by atoms with E-state index in [1.807, 2.05) is 18.9 Å². The first-order chi connectivity index (χ1) is 8.37. The number of hydrogen-bond donors (Lipinski definition) is 1. The number of carbonyl (C=O) groups is 1. The molecule has 0 aromatic carbocycles. The topological polar surface area (TPSA) is 32.3 Å². The summed E-state index contributed by atoms with van der Waals surface area (Å²) in [6, 6.07) is 0.453. The average molecular weight is 254 g/mol. The van der Waals surface area contributed by atoms with Crippen LogP contribution in [0, 0.1) is 11.3 Å². The molecule has 1 aliphatic rings. The summed E-state index contributed by atoms with van der Waals surface area (Å²) in [5.74, 6) is 0.380. The lowest BCUT2D eigenvalue weighted by Gasteiger charge is -2.39. The van der Waals surface area contributed by atoms with Crippen molar-refractivity contribution in [3.05, 3.63) is 0 Å². The minimum atomic E-state index is 0.0879. The summed E-state index contributed by atoms with van der Waals surface area (Å²) < 4.78 is 0. The molecule has 18 heavy (non-hydrogen) atoms. The van der Waals surface area contributed by atoms with Crippen LogP contribution in [0.4, 0.5) is 0 Å². The third kappa shape index (κ3) is 4.27. The van der Waals surface area contributed by atoms with Crippen LogP contribution in [-0.2, 0) is 4.79 Å². The molecule has 1 unspecified atom stereocenters. The lowest BCUT2D eigenvalue weighted by Crippen LogP contribution is -2.44. The molecule has 0 radical (unpaired) electrons. The van der Waals surface area contributed by atoms with Gasteiger partial charge in [-0.3, -0.25) is 4.79 Å². The van der Waals surface area contributed by atoms with Crippen molar-refractivity contribution >= 4 is 5.91 Å². The Bertz CT molecular complexity index is 266. The molecule has 0 aromatic rings. The molecule has 3 nitrogen and oxygen atoms in total. The van der Waals surface area contributed by atoms with Gasteiger partial charge in [0, 0.05) is 25.6 Å². The third-order valence-electron chi connectivity index (χ3n) is 4.33. The predicted octanol–water partition coefficient (Wildman–Crippen LogP) is 2.66. The van der Waals surface area contributed by atoms with Crippen molar-refractivity contribution in [1.29, 1.82) is 0 Å². The maximum Gasteiger partial charge on any atom is 0.226 e. The van der Waals surface area contributed by atoms with Crippen molar-refractivity contribution in [2.45, 2.75) is 59.4 Å². The number of carbonyl (C=O) groups excluding carboxylic acids is 1. The lowest BCUT2D eigenvalue weighted by atomic mass is 9.75. The van der Waals surface area contributed by atoms with E-state index in [0.29, 0.717) is 17.4 Å². The summed E-state index contributed by atoms with van der Waals surface area (Å²) in [6.45, 7) is 10.5. The summed E-state index contributed by atoms with van der Waals surface area (Å²) in [5, 5.41) is 3.25. The van der Waals surface area contributed by atoms with Crippen LogP contribution in [0.25, 0.3) is 0 Å². The molecule has 1 amide bonds. The van der Waals surface area contributed by atoms with E-state index in [1.54, 1.807) is 0 Å². The SMILES string of the molecule is CCNCC(C)C(=O)N(C)C1CCC(C)(C)CC1. The summed E-state index contributed by atoms with van der Waals surface area (Å²) in [4.78, 5) is 14.3. The maximum atomic E-state index is 12.3. The smallest absolute Gasteiger partial charge is 0.226 e. The normalized spacial score (nSPS) is 21.6. The molecule has 0 heterocycles. The second-order valence-corrected chi connectivity index (χ2v) is 6.55. The van der Waals surface area contributed by atoms with E-state index in [2.05, 4.69) is 26.1 Å². The molecule has 0 bridgehead atoms. The molecule has 1 fully saturated rings. The van der Waals surface area contributed by atoms with Gasteiger partial charge in [0.15, 0.2) is 0 Å². The zero-order valence-electron chi connectivity index (χ0n) is 12.8. The Morgan fingerprint density at radius 3 is 2.44 bits per heavy atom. The van der Waals surface area contributed by atoms with Crippen LogP contribution in [-0.4, -0.2) is 37.0 Å². The average Bonchev–Trinajstić information content (AvgIpc) is 2.34. The van der Waals surface area contributed by atoms with Crippen molar-refractivity contribution in [3.8, 4) is 0 Å². The highest BCUT2D eigenvalue weighted by molar-refractivity contribution is 5.78. The molecule has 0 saturated heterocycles. The van der Waals surface area contributed by atoms with Crippen LogP contribution in [0.3, 0.4) is 0 Å². The van der Waals surface area contributed by atoms with Gasteiger partial charge >= 0.3 is 0 Å². The van der Waals surface area contributed by atoms with Crippen LogP contribution in [0.15, 0.2) is 0 Å². The summed E-state index contributed by atoms with van der Waals surface area (Å²) in [6.07, 6.45) is 4.78. The van der Waals surface area contributed by atoms with E-state index in [0.717, 1.165) is 25.9 Å². The van der Waals surface area contributed by atoms with E-state index in [4.69, 9.17) is 0 Å². The molecule has 0 aromatic heterocycles.